The van der Waals surface area contributed by atoms with E-state index in [-0.39, 0.29) is 6.61 Å². The van der Waals surface area contributed by atoms with E-state index < -0.39 is 27.3 Å². The van der Waals surface area contributed by atoms with Crippen molar-refractivity contribution in [2.75, 3.05) is 6.61 Å². The van der Waals surface area contributed by atoms with Gasteiger partial charge in [-0.05, 0) is 26.3 Å². The average Bonchev–Trinajstić information content (AvgIpc) is 2.60. The summed E-state index contributed by atoms with van der Waals surface area (Å²) >= 11 is 0. The van der Waals surface area contributed by atoms with Gasteiger partial charge in [-0.2, -0.15) is 8.42 Å². The Morgan fingerprint density at radius 1 is 1.32 bits per heavy atom. The van der Waals surface area contributed by atoms with E-state index in [9.17, 15) is 13.0 Å². The fourth-order valence-electron chi connectivity index (χ4n) is 2.20. The maximum atomic E-state index is 11.6. The van der Waals surface area contributed by atoms with Gasteiger partial charge in [0.05, 0.1) is 6.61 Å². The lowest BCUT2D eigenvalue weighted by Crippen LogP contribution is -2.30. The Morgan fingerprint density at radius 2 is 1.89 bits per heavy atom. The van der Waals surface area contributed by atoms with Gasteiger partial charge in [-0.3, -0.25) is 4.55 Å². The van der Waals surface area contributed by atoms with E-state index in [1.165, 1.54) is 0 Å². The van der Waals surface area contributed by atoms with Gasteiger partial charge in [0.2, 0.25) is 0 Å². The molecule has 1 aliphatic rings. The maximum absolute atomic E-state index is 11.6. The van der Waals surface area contributed by atoms with Crippen LogP contribution in [0.4, 0.5) is 0 Å². The molecule has 1 aliphatic heterocycles. The first-order valence-electron chi connectivity index (χ1n) is 6.04. The van der Waals surface area contributed by atoms with Crippen molar-refractivity contribution in [1.29, 1.82) is 0 Å². The van der Waals surface area contributed by atoms with Crippen LogP contribution in [0.5, 0.6) is 0 Å². The minimum absolute atomic E-state index is 0.130. The lowest BCUT2D eigenvalue weighted by atomic mass is 10.1. The van der Waals surface area contributed by atoms with Gasteiger partial charge < -0.3 is 9.47 Å². The Bertz CT molecular complexity index is 547. The van der Waals surface area contributed by atoms with Gasteiger partial charge in [0.1, 0.15) is 11.4 Å². The Hall–Kier alpha value is -0.950. The van der Waals surface area contributed by atoms with Gasteiger partial charge in [-0.15, -0.1) is 0 Å². The second kappa shape index (κ2) is 4.86. The Kier molecular flexibility index (Phi) is 3.70. The molecular weight excluding hydrogens is 268 g/mol. The molecule has 0 radical (unpaired) electrons. The first kappa shape index (κ1) is 14.5. The molecule has 0 aliphatic carbocycles. The molecule has 0 bridgehead atoms. The summed E-state index contributed by atoms with van der Waals surface area (Å²) in [7, 11) is -4.27. The predicted molar refractivity (Wildman–Crippen MR) is 70.4 cm³/mol. The first-order chi connectivity index (χ1) is 8.69. The van der Waals surface area contributed by atoms with Crippen LogP contribution in [-0.2, 0) is 19.6 Å². The smallest absolute Gasteiger partial charge is 0.274 e. The highest BCUT2D eigenvalue weighted by molar-refractivity contribution is 7.86. The van der Waals surface area contributed by atoms with Crippen LogP contribution in [0.3, 0.4) is 0 Å². The lowest BCUT2D eigenvalue weighted by Gasteiger charge is -2.22. The van der Waals surface area contributed by atoms with E-state index in [4.69, 9.17) is 9.47 Å². The summed E-state index contributed by atoms with van der Waals surface area (Å²) in [6.07, 6.45) is -0.715. The monoisotopic (exact) mass is 286 g/mol. The van der Waals surface area contributed by atoms with Crippen molar-refractivity contribution in [2.24, 2.45) is 0 Å². The molecule has 1 heterocycles. The summed E-state index contributed by atoms with van der Waals surface area (Å²) in [6, 6.07) is 6.97. The molecule has 19 heavy (non-hydrogen) atoms. The minimum atomic E-state index is -4.27. The van der Waals surface area contributed by atoms with Crippen molar-refractivity contribution in [3.05, 3.63) is 35.4 Å². The molecule has 1 fully saturated rings. The molecule has 1 saturated heterocycles. The van der Waals surface area contributed by atoms with Gasteiger partial charge in [0, 0.05) is 0 Å². The van der Waals surface area contributed by atoms with Gasteiger partial charge in [0.15, 0.2) is 5.79 Å². The van der Waals surface area contributed by atoms with E-state index in [0.717, 1.165) is 5.56 Å². The van der Waals surface area contributed by atoms with Crippen LogP contribution in [0.25, 0.3) is 0 Å². The Balaban J connectivity index is 2.36. The van der Waals surface area contributed by atoms with E-state index in [1.54, 1.807) is 38.1 Å². The summed E-state index contributed by atoms with van der Waals surface area (Å²) in [6.45, 7) is 5.46. The zero-order chi connectivity index (χ0) is 14.3. The summed E-state index contributed by atoms with van der Waals surface area (Å²) in [4.78, 5) is 0. The molecule has 106 valence electrons. The van der Waals surface area contributed by atoms with E-state index in [1.807, 2.05) is 6.92 Å². The fourth-order valence-corrected chi connectivity index (χ4v) is 3.22. The average molecular weight is 286 g/mol. The van der Waals surface area contributed by atoms with Crippen molar-refractivity contribution in [1.82, 2.24) is 0 Å². The molecule has 1 N–H and O–H groups in total. The molecule has 0 spiro atoms. The van der Waals surface area contributed by atoms with Crippen LogP contribution >= 0.6 is 0 Å². The zero-order valence-electron chi connectivity index (χ0n) is 11.2. The molecular formula is C13H18O5S. The minimum Gasteiger partial charge on any atom is -0.348 e. The van der Waals surface area contributed by atoms with Crippen LogP contribution in [0.1, 0.15) is 30.2 Å². The van der Waals surface area contributed by atoms with Gasteiger partial charge in [0.25, 0.3) is 10.1 Å². The molecule has 2 atom stereocenters. The van der Waals surface area contributed by atoms with E-state index in [0.29, 0.717) is 5.56 Å². The van der Waals surface area contributed by atoms with E-state index in [2.05, 4.69) is 0 Å². The quantitative estimate of drug-likeness (QED) is 0.861. The number of hydrogen-bond acceptors (Lipinski definition) is 4. The van der Waals surface area contributed by atoms with Crippen molar-refractivity contribution in [3.8, 4) is 0 Å². The Labute approximate surface area is 113 Å². The molecule has 0 amide bonds. The second-order valence-electron chi connectivity index (χ2n) is 5.21. The van der Waals surface area contributed by atoms with Crippen LogP contribution in [0.2, 0.25) is 0 Å². The largest absolute Gasteiger partial charge is 0.348 e. The van der Waals surface area contributed by atoms with E-state index >= 15 is 0 Å². The summed E-state index contributed by atoms with van der Waals surface area (Å²) in [5.41, 5.74) is 1.51. The summed E-state index contributed by atoms with van der Waals surface area (Å²) in [5, 5.41) is -1.13. The second-order valence-corrected chi connectivity index (χ2v) is 6.75. The standard InChI is InChI=1S/C13H18O5S/c1-9-4-6-10(7-5-9)12(19(14,15)16)11-8-17-13(2,3)18-11/h4-7,11-12H,8H2,1-3H3,(H,14,15,16)/t11-,12-/m1/s1. The fraction of sp³-hybridized carbons (Fsp3) is 0.538. The molecule has 0 saturated carbocycles. The normalized spacial score (nSPS) is 24.3. The van der Waals surface area contributed by atoms with Crippen molar-refractivity contribution in [3.63, 3.8) is 0 Å². The molecule has 1 aromatic carbocycles. The molecule has 5 nitrogen and oxygen atoms in total. The van der Waals surface area contributed by atoms with Crippen LogP contribution in [0.15, 0.2) is 24.3 Å². The maximum Gasteiger partial charge on any atom is 0.274 e. The zero-order valence-corrected chi connectivity index (χ0v) is 12.0. The highest BCUT2D eigenvalue weighted by Gasteiger charge is 2.43. The van der Waals surface area contributed by atoms with Crippen LogP contribution in [-0.4, -0.2) is 31.5 Å². The number of aryl methyl sites for hydroxylation is 1. The van der Waals surface area contributed by atoms with Gasteiger partial charge in [-0.25, -0.2) is 0 Å². The molecule has 0 aromatic heterocycles. The lowest BCUT2D eigenvalue weighted by molar-refractivity contribution is -0.138. The molecule has 0 unspecified atom stereocenters. The Morgan fingerprint density at radius 3 is 2.32 bits per heavy atom. The van der Waals surface area contributed by atoms with Gasteiger partial charge >= 0.3 is 0 Å². The number of ether oxygens (including phenoxy) is 2. The third-order valence-corrected chi connectivity index (χ3v) is 4.31. The molecule has 1 aromatic rings. The summed E-state index contributed by atoms with van der Waals surface area (Å²) in [5.74, 6) is -0.835. The molecule has 2 rings (SSSR count). The topological polar surface area (TPSA) is 72.8 Å². The third kappa shape index (κ3) is 3.33. The summed E-state index contributed by atoms with van der Waals surface area (Å²) < 4.78 is 43.7. The van der Waals surface area contributed by atoms with Crippen LogP contribution in [0, 0.1) is 6.92 Å². The van der Waals surface area contributed by atoms with Gasteiger partial charge in [-0.1, -0.05) is 29.8 Å². The number of benzene rings is 1. The third-order valence-electron chi connectivity index (χ3n) is 3.09. The first-order valence-corrected chi connectivity index (χ1v) is 7.54. The molecule has 6 heteroatoms. The van der Waals surface area contributed by atoms with Crippen molar-refractivity contribution < 1.29 is 22.4 Å². The number of hydrogen-bond donors (Lipinski definition) is 1. The number of rotatable bonds is 3. The predicted octanol–water partition coefficient (Wildman–Crippen LogP) is 2.08. The SMILES string of the molecule is Cc1ccc([C@H]([C@H]2COC(C)(C)O2)S(=O)(=O)O)cc1. The van der Waals surface area contributed by atoms with Crippen molar-refractivity contribution in [2.45, 2.75) is 37.9 Å². The van der Waals surface area contributed by atoms with Crippen LogP contribution < -0.4 is 0 Å². The highest BCUT2D eigenvalue weighted by atomic mass is 32.2. The van der Waals surface area contributed by atoms with Crippen molar-refractivity contribution >= 4 is 10.1 Å². The highest BCUT2D eigenvalue weighted by Crippen LogP contribution is 2.35.